The second-order valence-corrected chi connectivity index (χ2v) is 6.58. The number of amides is 2. The number of nitrogens with one attached hydrogen (secondary N) is 1. The molecule has 28 heavy (non-hydrogen) atoms. The number of hydrogen-bond donors (Lipinski definition) is 1. The van der Waals surface area contributed by atoms with Crippen molar-refractivity contribution in [3.05, 3.63) is 57.8 Å². The number of benzene rings is 1. The third kappa shape index (κ3) is 4.08. The molecule has 1 aliphatic heterocycles. The number of nitro groups is 1. The lowest BCUT2D eigenvalue weighted by Gasteiger charge is -2.35. The molecule has 146 valence electrons. The third-order valence-corrected chi connectivity index (χ3v) is 4.74. The average Bonchev–Trinajstić information content (AvgIpc) is 2.69. The highest BCUT2D eigenvalue weighted by atomic mass is 16.6. The van der Waals surface area contributed by atoms with Gasteiger partial charge in [0.15, 0.2) is 0 Å². The maximum absolute atomic E-state index is 12.5. The maximum atomic E-state index is 12.5. The summed E-state index contributed by atoms with van der Waals surface area (Å²) in [6.45, 7) is 5.34. The van der Waals surface area contributed by atoms with Crippen molar-refractivity contribution in [3.8, 4) is 0 Å². The Labute approximate surface area is 162 Å². The SMILES string of the molecule is CC(=O)N1CCN(c2ccc(C(=O)Nc3ncccc3C)cc2[N+](=O)[O-])CC1. The fourth-order valence-corrected chi connectivity index (χ4v) is 3.14. The molecule has 2 amide bonds. The minimum atomic E-state index is -0.491. The molecule has 1 N–H and O–H groups in total. The molecule has 9 heteroatoms. The number of aryl methyl sites for hydroxylation is 1. The Morgan fingerprint density at radius 1 is 1.18 bits per heavy atom. The number of aromatic nitrogens is 1. The second kappa shape index (κ2) is 8.03. The van der Waals surface area contributed by atoms with E-state index in [1.54, 1.807) is 29.3 Å². The van der Waals surface area contributed by atoms with E-state index in [0.717, 1.165) is 5.56 Å². The molecule has 0 unspecified atom stereocenters. The molecule has 2 heterocycles. The first-order chi connectivity index (χ1) is 13.4. The van der Waals surface area contributed by atoms with Crippen molar-refractivity contribution in [1.82, 2.24) is 9.88 Å². The van der Waals surface area contributed by atoms with E-state index in [1.807, 2.05) is 17.9 Å². The summed E-state index contributed by atoms with van der Waals surface area (Å²) in [5.74, 6) is -0.0524. The summed E-state index contributed by atoms with van der Waals surface area (Å²) in [4.78, 5) is 42.8. The van der Waals surface area contributed by atoms with Crippen molar-refractivity contribution >= 4 is 29.0 Å². The molecule has 1 saturated heterocycles. The van der Waals surface area contributed by atoms with E-state index in [-0.39, 0.29) is 17.2 Å². The molecule has 2 aromatic rings. The van der Waals surface area contributed by atoms with Crippen molar-refractivity contribution in [2.75, 3.05) is 36.4 Å². The molecule has 1 aromatic carbocycles. The van der Waals surface area contributed by atoms with Crippen LogP contribution in [0.15, 0.2) is 36.5 Å². The fraction of sp³-hybridized carbons (Fsp3) is 0.316. The number of pyridine rings is 1. The molecule has 1 aromatic heterocycles. The van der Waals surface area contributed by atoms with Crippen molar-refractivity contribution in [2.45, 2.75) is 13.8 Å². The molecular weight excluding hydrogens is 362 g/mol. The van der Waals surface area contributed by atoms with E-state index in [2.05, 4.69) is 10.3 Å². The van der Waals surface area contributed by atoms with Crippen LogP contribution in [0.1, 0.15) is 22.8 Å². The minimum absolute atomic E-state index is 0.00835. The third-order valence-electron chi connectivity index (χ3n) is 4.74. The van der Waals surface area contributed by atoms with Crippen molar-refractivity contribution in [1.29, 1.82) is 0 Å². The number of nitrogens with zero attached hydrogens (tertiary/aromatic N) is 4. The lowest BCUT2D eigenvalue weighted by Crippen LogP contribution is -2.48. The highest BCUT2D eigenvalue weighted by molar-refractivity contribution is 6.05. The van der Waals surface area contributed by atoms with Crippen LogP contribution in [0.2, 0.25) is 0 Å². The van der Waals surface area contributed by atoms with Crippen LogP contribution in [0.4, 0.5) is 17.2 Å². The monoisotopic (exact) mass is 383 g/mol. The highest BCUT2D eigenvalue weighted by Crippen LogP contribution is 2.30. The van der Waals surface area contributed by atoms with Gasteiger partial charge in [0.25, 0.3) is 11.6 Å². The summed E-state index contributed by atoms with van der Waals surface area (Å²) in [6, 6.07) is 8.00. The summed E-state index contributed by atoms with van der Waals surface area (Å²) >= 11 is 0. The molecule has 0 spiro atoms. The van der Waals surface area contributed by atoms with Gasteiger partial charge in [-0.3, -0.25) is 19.7 Å². The van der Waals surface area contributed by atoms with E-state index in [9.17, 15) is 19.7 Å². The standard InChI is InChI=1S/C19H21N5O4/c1-13-4-3-7-20-18(13)21-19(26)15-5-6-16(17(12-15)24(27)28)23-10-8-22(9-11-23)14(2)25/h3-7,12H,8-11H2,1-2H3,(H,20,21,26). The smallest absolute Gasteiger partial charge is 0.293 e. The van der Waals surface area contributed by atoms with Gasteiger partial charge in [0, 0.05) is 50.9 Å². The lowest BCUT2D eigenvalue weighted by atomic mass is 10.1. The van der Waals surface area contributed by atoms with Crippen LogP contribution in [0.3, 0.4) is 0 Å². The number of carbonyl (C=O) groups is 2. The molecule has 3 rings (SSSR count). The number of carbonyl (C=O) groups excluding carboxylic acids is 2. The van der Waals surface area contributed by atoms with E-state index >= 15 is 0 Å². The maximum Gasteiger partial charge on any atom is 0.293 e. The van der Waals surface area contributed by atoms with E-state index in [1.165, 1.54) is 13.0 Å². The Morgan fingerprint density at radius 3 is 2.50 bits per heavy atom. The summed E-state index contributed by atoms with van der Waals surface area (Å²) in [7, 11) is 0. The van der Waals surface area contributed by atoms with E-state index in [4.69, 9.17) is 0 Å². The molecule has 0 radical (unpaired) electrons. The zero-order chi connectivity index (χ0) is 20.3. The van der Waals surface area contributed by atoms with E-state index in [0.29, 0.717) is 37.7 Å². The molecule has 0 aliphatic carbocycles. The zero-order valence-electron chi connectivity index (χ0n) is 15.7. The Morgan fingerprint density at radius 2 is 1.89 bits per heavy atom. The Kier molecular flexibility index (Phi) is 5.53. The van der Waals surface area contributed by atoms with Gasteiger partial charge < -0.3 is 15.1 Å². The molecule has 1 aliphatic rings. The number of piperazine rings is 1. The largest absolute Gasteiger partial charge is 0.362 e. The fourth-order valence-electron chi connectivity index (χ4n) is 3.14. The highest BCUT2D eigenvalue weighted by Gasteiger charge is 2.26. The summed E-state index contributed by atoms with van der Waals surface area (Å²) in [6.07, 6.45) is 1.56. The summed E-state index contributed by atoms with van der Waals surface area (Å²) < 4.78 is 0. The average molecular weight is 383 g/mol. The first-order valence-corrected chi connectivity index (χ1v) is 8.88. The number of nitro benzene ring substituents is 1. The van der Waals surface area contributed by atoms with Crippen molar-refractivity contribution < 1.29 is 14.5 Å². The topological polar surface area (TPSA) is 109 Å². The quantitative estimate of drug-likeness (QED) is 0.640. The van der Waals surface area contributed by atoms with Crippen LogP contribution in [0.5, 0.6) is 0 Å². The predicted molar refractivity (Wildman–Crippen MR) is 104 cm³/mol. The van der Waals surface area contributed by atoms with Gasteiger partial charge in [-0.25, -0.2) is 4.98 Å². The molecular formula is C19H21N5O4. The summed E-state index contributed by atoms with van der Waals surface area (Å²) in [5, 5.41) is 14.3. The zero-order valence-corrected chi connectivity index (χ0v) is 15.7. The predicted octanol–water partition coefficient (Wildman–Crippen LogP) is 2.22. The van der Waals surface area contributed by atoms with Crippen LogP contribution in [-0.4, -0.2) is 52.8 Å². The number of hydrogen-bond acceptors (Lipinski definition) is 6. The van der Waals surface area contributed by atoms with Crippen LogP contribution in [0.25, 0.3) is 0 Å². The first kappa shape index (κ1) is 19.3. The molecule has 0 saturated carbocycles. The lowest BCUT2D eigenvalue weighted by molar-refractivity contribution is -0.384. The number of anilines is 2. The van der Waals surface area contributed by atoms with Crippen LogP contribution < -0.4 is 10.2 Å². The Balaban J connectivity index is 1.81. The minimum Gasteiger partial charge on any atom is -0.362 e. The second-order valence-electron chi connectivity index (χ2n) is 6.58. The van der Waals surface area contributed by atoms with Gasteiger partial charge in [-0.2, -0.15) is 0 Å². The van der Waals surface area contributed by atoms with Gasteiger partial charge in [-0.1, -0.05) is 6.07 Å². The van der Waals surface area contributed by atoms with Crippen LogP contribution in [-0.2, 0) is 4.79 Å². The van der Waals surface area contributed by atoms with Crippen molar-refractivity contribution in [2.24, 2.45) is 0 Å². The summed E-state index contributed by atoms with van der Waals surface area (Å²) in [5.41, 5.74) is 1.29. The van der Waals surface area contributed by atoms with Crippen molar-refractivity contribution in [3.63, 3.8) is 0 Å². The number of rotatable bonds is 4. The Hall–Kier alpha value is -3.49. The first-order valence-electron chi connectivity index (χ1n) is 8.88. The molecule has 0 bridgehead atoms. The van der Waals surface area contributed by atoms with Gasteiger partial charge in [0.2, 0.25) is 5.91 Å². The van der Waals surface area contributed by atoms with Gasteiger partial charge in [0.05, 0.1) is 4.92 Å². The van der Waals surface area contributed by atoms with Crippen LogP contribution in [0, 0.1) is 17.0 Å². The van der Waals surface area contributed by atoms with Gasteiger partial charge in [-0.15, -0.1) is 0 Å². The molecule has 1 fully saturated rings. The van der Waals surface area contributed by atoms with E-state index < -0.39 is 10.8 Å². The van der Waals surface area contributed by atoms with Gasteiger partial charge in [0.1, 0.15) is 11.5 Å². The molecule has 9 nitrogen and oxygen atoms in total. The van der Waals surface area contributed by atoms with Crippen LogP contribution >= 0.6 is 0 Å². The normalized spacial score (nSPS) is 13.9. The Bertz CT molecular complexity index is 922. The molecule has 0 atom stereocenters. The van der Waals surface area contributed by atoms with Gasteiger partial charge in [-0.05, 0) is 30.7 Å². The van der Waals surface area contributed by atoms with Gasteiger partial charge >= 0.3 is 0 Å².